The number of carbonyl (C=O) groups is 2. The lowest BCUT2D eigenvalue weighted by Gasteiger charge is -2.08. The molecule has 0 spiro atoms. The molecule has 0 aliphatic rings. The zero-order valence-corrected chi connectivity index (χ0v) is 12.7. The van der Waals surface area contributed by atoms with Crippen LogP contribution in [0.25, 0.3) is 10.8 Å². The Morgan fingerprint density at radius 1 is 0.739 bits per heavy atom. The van der Waals surface area contributed by atoms with E-state index in [0.29, 0.717) is 16.9 Å². The summed E-state index contributed by atoms with van der Waals surface area (Å²) in [4.78, 5) is 23.3. The van der Waals surface area contributed by atoms with Gasteiger partial charge in [-0.25, -0.2) is 0 Å². The molecule has 0 saturated carbocycles. The van der Waals surface area contributed by atoms with Gasteiger partial charge in [0.1, 0.15) is 0 Å². The van der Waals surface area contributed by atoms with Crippen molar-refractivity contribution in [2.45, 2.75) is 6.92 Å². The SMILES string of the molecule is CC(=O)Nc1ccc(NC(=O)c2ccc3ccccc3c2)cc1. The van der Waals surface area contributed by atoms with Crippen molar-refractivity contribution in [2.24, 2.45) is 0 Å². The molecule has 3 aromatic rings. The third-order valence-electron chi connectivity index (χ3n) is 3.47. The zero-order chi connectivity index (χ0) is 16.2. The van der Waals surface area contributed by atoms with E-state index in [1.54, 1.807) is 24.3 Å². The zero-order valence-electron chi connectivity index (χ0n) is 12.7. The van der Waals surface area contributed by atoms with Gasteiger partial charge in [-0.3, -0.25) is 9.59 Å². The quantitative estimate of drug-likeness (QED) is 0.767. The monoisotopic (exact) mass is 304 g/mol. The number of nitrogens with one attached hydrogen (secondary N) is 2. The van der Waals surface area contributed by atoms with Gasteiger partial charge in [0.25, 0.3) is 5.91 Å². The van der Waals surface area contributed by atoms with Gasteiger partial charge >= 0.3 is 0 Å². The highest BCUT2D eigenvalue weighted by Gasteiger charge is 2.07. The van der Waals surface area contributed by atoms with Gasteiger partial charge in [-0.1, -0.05) is 30.3 Å². The van der Waals surface area contributed by atoms with Gasteiger partial charge < -0.3 is 10.6 Å². The first-order valence-electron chi connectivity index (χ1n) is 7.29. The van der Waals surface area contributed by atoms with E-state index in [1.165, 1.54) is 6.92 Å². The maximum atomic E-state index is 12.3. The number of carbonyl (C=O) groups excluding carboxylic acids is 2. The van der Waals surface area contributed by atoms with E-state index in [1.807, 2.05) is 42.5 Å². The standard InChI is InChI=1S/C19H16N2O2/c1-13(22)20-17-8-10-18(11-9-17)21-19(23)16-7-6-14-4-2-3-5-15(14)12-16/h2-12H,1H3,(H,20,22)(H,21,23). The number of hydrogen-bond acceptors (Lipinski definition) is 2. The molecule has 4 nitrogen and oxygen atoms in total. The van der Waals surface area contributed by atoms with Crippen molar-refractivity contribution in [3.63, 3.8) is 0 Å². The van der Waals surface area contributed by atoms with E-state index in [9.17, 15) is 9.59 Å². The fraction of sp³-hybridized carbons (Fsp3) is 0.0526. The Morgan fingerprint density at radius 2 is 1.35 bits per heavy atom. The fourth-order valence-electron chi connectivity index (χ4n) is 2.37. The van der Waals surface area contributed by atoms with Gasteiger partial charge in [0.2, 0.25) is 5.91 Å². The molecule has 0 saturated heterocycles. The predicted molar refractivity (Wildman–Crippen MR) is 92.6 cm³/mol. The first-order chi connectivity index (χ1) is 11.1. The van der Waals surface area contributed by atoms with Crippen molar-refractivity contribution in [1.29, 1.82) is 0 Å². The molecule has 0 heterocycles. The number of anilines is 2. The molecule has 3 rings (SSSR count). The van der Waals surface area contributed by atoms with Crippen LogP contribution < -0.4 is 10.6 Å². The predicted octanol–water partition coefficient (Wildman–Crippen LogP) is 4.05. The van der Waals surface area contributed by atoms with Gasteiger partial charge in [-0.2, -0.15) is 0 Å². The smallest absolute Gasteiger partial charge is 0.255 e. The van der Waals surface area contributed by atoms with E-state index in [2.05, 4.69) is 10.6 Å². The maximum Gasteiger partial charge on any atom is 0.255 e. The Bertz CT molecular complexity index is 870. The minimum atomic E-state index is -0.164. The average Bonchev–Trinajstić information content (AvgIpc) is 2.55. The topological polar surface area (TPSA) is 58.2 Å². The molecule has 3 aromatic carbocycles. The Hall–Kier alpha value is -3.14. The van der Waals surface area contributed by atoms with Crippen molar-refractivity contribution in [3.8, 4) is 0 Å². The van der Waals surface area contributed by atoms with Crippen molar-refractivity contribution in [3.05, 3.63) is 72.3 Å². The lowest BCUT2D eigenvalue weighted by Crippen LogP contribution is -2.12. The number of hydrogen-bond donors (Lipinski definition) is 2. The summed E-state index contributed by atoms with van der Waals surface area (Å²) in [6.07, 6.45) is 0. The van der Waals surface area contributed by atoms with Gasteiger partial charge in [0.05, 0.1) is 0 Å². The number of amides is 2. The van der Waals surface area contributed by atoms with E-state index < -0.39 is 0 Å². The lowest BCUT2D eigenvalue weighted by atomic mass is 10.1. The van der Waals surface area contributed by atoms with Crippen LogP contribution in [0.3, 0.4) is 0 Å². The molecule has 0 atom stereocenters. The molecule has 0 radical (unpaired) electrons. The first kappa shape index (κ1) is 14.8. The lowest BCUT2D eigenvalue weighted by molar-refractivity contribution is -0.114. The summed E-state index contributed by atoms with van der Waals surface area (Å²) in [7, 11) is 0. The van der Waals surface area contributed by atoms with E-state index in [0.717, 1.165) is 10.8 Å². The van der Waals surface area contributed by atoms with Crippen LogP contribution in [0.2, 0.25) is 0 Å². The molecule has 0 aromatic heterocycles. The van der Waals surface area contributed by atoms with Crippen molar-refractivity contribution in [2.75, 3.05) is 10.6 Å². The van der Waals surface area contributed by atoms with Crippen molar-refractivity contribution < 1.29 is 9.59 Å². The highest BCUT2D eigenvalue weighted by atomic mass is 16.2. The highest BCUT2D eigenvalue weighted by Crippen LogP contribution is 2.18. The average molecular weight is 304 g/mol. The third kappa shape index (κ3) is 3.55. The molecule has 0 fully saturated rings. The Morgan fingerprint density at radius 3 is 2.00 bits per heavy atom. The Kier molecular flexibility index (Phi) is 4.06. The summed E-state index contributed by atoms with van der Waals surface area (Å²) in [6.45, 7) is 1.45. The number of benzene rings is 3. The molecular formula is C19H16N2O2. The summed E-state index contributed by atoms with van der Waals surface area (Å²) in [6, 6.07) is 20.5. The second kappa shape index (κ2) is 6.32. The summed E-state index contributed by atoms with van der Waals surface area (Å²) in [5.74, 6) is -0.291. The summed E-state index contributed by atoms with van der Waals surface area (Å²) < 4.78 is 0. The Labute approximate surface area is 134 Å². The highest BCUT2D eigenvalue weighted by molar-refractivity contribution is 6.06. The number of rotatable bonds is 3. The molecule has 0 bridgehead atoms. The van der Waals surface area contributed by atoms with E-state index >= 15 is 0 Å². The summed E-state index contributed by atoms with van der Waals surface area (Å²) in [5, 5.41) is 7.67. The second-order valence-corrected chi connectivity index (χ2v) is 5.27. The van der Waals surface area contributed by atoms with Crippen LogP contribution in [0.5, 0.6) is 0 Å². The van der Waals surface area contributed by atoms with Gasteiger partial charge in [-0.05, 0) is 47.2 Å². The van der Waals surface area contributed by atoms with Gasteiger partial charge in [0.15, 0.2) is 0 Å². The van der Waals surface area contributed by atoms with Crippen LogP contribution in [-0.4, -0.2) is 11.8 Å². The second-order valence-electron chi connectivity index (χ2n) is 5.27. The normalized spacial score (nSPS) is 10.3. The largest absolute Gasteiger partial charge is 0.326 e. The van der Waals surface area contributed by atoms with E-state index in [-0.39, 0.29) is 11.8 Å². The summed E-state index contributed by atoms with van der Waals surface area (Å²) in [5.41, 5.74) is 1.98. The third-order valence-corrected chi connectivity index (χ3v) is 3.47. The fourth-order valence-corrected chi connectivity index (χ4v) is 2.37. The Balaban J connectivity index is 1.76. The van der Waals surface area contributed by atoms with Crippen LogP contribution in [0, 0.1) is 0 Å². The minimum absolute atomic E-state index is 0.127. The maximum absolute atomic E-state index is 12.3. The molecular weight excluding hydrogens is 288 g/mol. The van der Waals surface area contributed by atoms with Crippen LogP contribution in [0.1, 0.15) is 17.3 Å². The van der Waals surface area contributed by atoms with E-state index in [4.69, 9.17) is 0 Å². The molecule has 23 heavy (non-hydrogen) atoms. The van der Waals surface area contributed by atoms with Crippen molar-refractivity contribution in [1.82, 2.24) is 0 Å². The molecule has 2 amide bonds. The van der Waals surface area contributed by atoms with Gasteiger partial charge in [-0.15, -0.1) is 0 Å². The molecule has 0 unspecified atom stereocenters. The van der Waals surface area contributed by atoms with Crippen molar-refractivity contribution >= 4 is 34.0 Å². The molecule has 0 aliphatic heterocycles. The first-order valence-corrected chi connectivity index (χ1v) is 7.29. The molecule has 2 N–H and O–H groups in total. The number of fused-ring (bicyclic) bond motifs is 1. The van der Waals surface area contributed by atoms with Crippen LogP contribution >= 0.6 is 0 Å². The molecule has 4 heteroatoms. The summed E-state index contributed by atoms with van der Waals surface area (Å²) >= 11 is 0. The minimum Gasteiger partial charge on any atom is -0.326 e. The van der Waals surface area contributed by atoms with Gasteiger partial charge in [0, 0.05) is 23.9 Å². The van der Waals surface area contributed by atoms with Crippen LogP contribution in [-0.2, 0) is 4.79 Å². The van der Waals surface area contributed by atoms with Crippen LogP contribution in [0.4, 0.5) is 11.4 Å². The van der Waals surface area contributed by atoms with Crippen LogP contribution in [0.15, 0.2) is 66.7 Å². The molecule has 0 aliphatic carbocycles. The molecule has 114 valence electrons.